The van der Waals surface area contributed by atoms with Gasteiger partial charge in [-0.25, -0.2) is 13.1 Å². The predicted octanol–water partition coefficient (Wildman–Crippen LogP) is -1.03. The number of piperidine rings is 1. The summed E-state index contributed by atoms with van der Waals surface area (Å²) >= 11 is 1.48. The summed E-state index contributed by atoms with van der Waals surface area (Å²) < 4.78 is 33.4. The number of rotatable bonds is 7. The predicted molar refractivity (Wildman–Crippen MR) is 117 cm³/mol. The van der Waals surface area contributed by atoms with E-state index in [1.807, 2.05) is 0 Å². The quantitative estimate of drug-likeness (QED) is 0.375. The summed E-state index contributed by atoms with van der Waals surface area (Å²) in [6.07, 6.45) is 3.71. The van der Waals surface area contributed by atoms with Crippen molar-refractivity contribution in [1.29, 1.82) is 0 Å². The maximum Gasteiger partial charge on any atom is 0.223 e. The molecule has 4 rings (SSSR count). The second-order valence-corrected chi connectivity index (χ2v) is 12.3. The Kier molecular flexibility index (Phi) is 7.97. The molecule has 4 fully saturated rings. The van der Waals surface area contributed by atoms with E-state index in [-0.39, 0.29) is 19.2 Å². The Hall–Kier alpha value is 0.0200. The van der Waals surface area contributed by atoms with Crippen LogP contribution in [0, 0.1) is 0 Å². The van der Waals surface area contributed by atoms with E-state index in [4.69, 9.17) is 4.74 Å². The van der Waals surface area contributed by atoms with Crippen molar-refractivity contribution < 1.29 is 23.4 Å². The van der Waals surface area contributed by atoms with Crippen molar-refractivity contribution in [2.45, 2.75) is 67.2 Å². The summed E-state index contributed by atoms with van der Waals surface area (Å²) in [5.41, 5.74) is 0. The Labute approximate surface area is 183 Å². The number of aliphatic hydroxyl groups is 2. The molecule has 30 heavy (non-hydrogen) atoms. The van der Waals surface area contributed by atoms with E-state index in [0.29, 0.717) is 12.6 Å². The molecular formula is C19H36N4O5S2. The van der Waals surface area contributed by atoms with Gasteiger partial charge in [-0.15, -0.1) is 11.8 Å². The average Bonchev–Trinajstić information content (AvgIpc) is 3.42. The third-order valence-electron chi connectivity index (χ3n) is 6.86. The molecule has 11 heteroatoms. The molecule has 174 valence electrons. The molecule has 2 unspecified atom stereocenters. The van der Waals surface area contributed by atoms with Gasteiger partial charge in [0.05, 0.1) is 24.9 Å². The fraction of sp³-hybridized carbons (Fsp3) is 1.00. The molecule has 0 saturated carbocycles. The van der Waals surface area contributed by atoms with Gasteiger partial charge in [-0.2, -0.15) is 0 Å². The third kappa shape index (κ3) is 5.15. The number of sulfonamides is 1. The van der Waals surface area contributed by atoms with Crippen LogP contribution in [0.15, 0.2) is 0 Å². The van der Waals surface area contributed by atoms with Crippen LogP contribution in [0.25, 0.3) is 0 Å². The van der Waals surface area contributed by atoms with Crippen LogP contribution in [0.5, 0.6) is 0 Å². The van der Waals surface area contributed by atoms with Crippen LogP contribution in [-0.2, 0) is 14.8 Å². The lowest BCUT2D eigenvalue weighted by Gasteiger charge is -2.44. The van der Waals surface area contributed by atoms with Crippen LogP contribution in [0.4, 0.5) is 0 Å². The molecule has 4 aliphatic rings. The molecule has 0 aromatic heterocycles. The molecule has 6 atom stereocenters. The van der Waals surface area contributed by atoms with E-state index >= 15 is 0 Å². The normalized spacial score (nSPS) is 39.5. The number of hydrogen-bond donors (Lipinski definition) is 4. The van der Waals surface area contributed by atoms with Gasteiger partial charge in [0, 0.05) is 32.7 Å². The summed E-state index contributed by atoms with van der Waals surface area (Å²) in [5.74, 6) is 0.875. The number of hydrogen-bond acceptors (Lipinski definition) is 9. The van der Waals surface area contributed by atoms with Crippen molar-refractivity contribution in [2.24, 2.45) is 0 Å². The van der Waals surface area contributed by atoms with Gasteiger partial charge in [0.2, 0.25) is 10.0 Å². The van der Waals surface area contributed by atoms with Gasteiger partial charge in [-0.3, -0.25) is 9.80 Å². The molecule has 0 bridgehead atoms. The average molecular weight is 465 g/mol. The molecule has 4 heterocycles. The van der Waals surface area contributed by atoms with Gasteiger partial charge in [-0.05, 0) is 44.4 Å². The smallest absolute Gasteiger partial charge is 0.223 e. The molecule has 0 amide bonds. The highest BCUT2D eigenvalue weighted by molar-refractivity contribution is 8.13. The zero-order chi connectivity index (χ0) is 21.1. The van der Waals surface area contributed by atoms with Gasteiger partial charge in [0.25, 0.3) is 0 Å². The van der Waals surface area contributed by atoms with Gasteiger partial charge in [0.1, 0.15) is 16.8 Å². The number of piperazine rings is 1. The monoisotopic (exact) mass is 464 g/mol. The van der Waals surface area contributed by atoms with Crippen LogP contribution in [0.2, 0.25) is 0 Å². The SMILES string of the molecule is O=S(=O)(NC[C@H]1O[C@@H](CO)[C@@H](O)[C@@H]1N1CCN(C2CCCCN2)CC1)C1CCCS1. The van der Waals surface area contributed by atoms with Crippen LogP contribution < -0.4 is 10.0 Å². The topological polar surface area (TPSA) is 114 Å². The van der Waals surface area contributed by atoms with Gasteiger partial charge in [0.15, 0.2) is 0 Å². The summed E-state index contributed by atoms with van der Waals surface area (Å²) in [6.45, 7) is 4.32. The lowest BCUT2D eigenvalue weighted by Crippen LogP contribution is -2.61. The molecule has 0 aromatic rings. The first-order valence-corrected chi connectivity index (χ1v) is 13.8. The van der Waals surface area contributed by atoms with E-state index in [0.717, 1.165) is 44.9 Å². The molecule has 0 radical (unpaired) electrons. The highest BCUT2D eigenvalue weighted by atomic mass is 32.3. The number of nitrogens with zero attached hydrogens (tertiary/aromatic N) is 2. The molecule has 0 aromatic carbocycles. The Morgan fingerprint density at radius 2 is 1.83 bits per heavy atom. The molecule has 0 aliphatic carbocycles. The second kappa shape index (κ2) is 10.3. The van der Waals surface area contributed by atoms with Gasteiger partial charge in [-0.1, -0.05) is 0 Å². The van der Waals surface area contributed by atoms with Crippen molar-refractivity contribution >= 4 is 21.8 Å². The van der Waals surface area contributed by atoms with Gasteiger partial charge < -0.3 is 20.3 Å². The maximum absolute atomic E-state index is 12.6. The van der Waals surface area contributed by atoms with Crippen molar-refractivity contribution in [1.82, 2.24) is 19.8 Å². The van der Waals surface area contributed by atoms with E-state index in [1.165, 1.54) is 31.0 Å². The molecule has 9 nitrogen and oxygen atoms in total. The van der Waals surface area contributed by atoms with E-state index in [1.54, 1.807) is 0 Å². The highest BCUT2D eigenvalue weighted by Gasteiger charge is 2.47. The number of aliphatic hydroxyl groups excluding tert-OH is 2. The van der Waals surface area contributed by atoms with Crippen molar-refractivity contribution in [3.05, 3.63) is 0 Å². The van der Waals surface area contributed by atoms with E-state index in [2.05, 4.69) is 19.8 Å². The van der Waals surface area contributed by atoms with Gasteiger partial charge >= 0.3 is 0 Å². The molecule has 0 spiro atoms. The first-order valence-electron chi connectivity index (χ1n) is 11.3. The van der Waals surface area contributed by atoms with E-state index in [9.17, 15) is 18.6 Å². The molecular weight excluding hydrogens is 428 g/mol. The van der Waals surface area contributed by atoms with Crippen molar-refractivity contribution in [3.8, 4) is 0 Å². The zero-order valence-electron chi connectivity index (χ0n) is 17.5. The van der Waals surface area contributed by atoms with Crippen LogP contribution in [0.3, 0.4) is 0 Å². The lowest BCUT2D eigenvalue weighted by molar-refractivity contribution is -0.0201. The number of ether oxygens (including phenoxy) is 1. The highest BCUT2D eigenvalue weighted by Crippen LogP contribution is 2.31. The molecule has 4 N–H and O–H groups in total. The largest absolute Gasteiger partial charge is 0.394 e. The third-order valence-corrected chi connectivity index (χ3v) is 10.7. The lowest BCUT2D eigenvalue weighted by atomic mass is 10.0. The Bertz CT molecular complexity index is 649. The van der Waals surface area contributed by atoms with Crippen LogP contribution in [-0.4, -0.2) is 115 Å². The fourth-order valence-corrected chi connectivity index (χ4v) is 8.37. The van der Waals surface area contributed by atoms with Crippen LogP contribution in [0.1, 0.15) is 32.1 Å². The number of thioether (sulfide) groups is 1. The first-order chi connectivity index (χ1) is 14.5. The maximum atomic E-state index is 12.6. The second-order valence-electron chi connectivity index (χ2n) is 8.75. The minimum atomic E-state index is -3.41. The Morgan fingerprint density at radius 1 is 1.07 bits per heavy atom. The Morgan fingerprint density at radius 3 is 2.47 bits per heavy atom. The summed E-state index contributed by atoms with van der Waals surface area (Å²) in [6, 6.07) is -0.317. The zero-order valence-corrected chi connectivity index (χ0v) is 19.1. The summed E-state index contributed by atoms with van der Waals surface area (Å²) in [4.78, 5) is 4.68. The number of nitrogens with one attached hydrogen (secondary N) is 2. The van der Waals surface area contributed by atoms with Crippen molar-refractivity contribution in [3.63, 3.8) is 0 Å². The first kappa shape index (κ1) is 23.2. The fourth-order valence-electron chi connectivity index (χ4n) is 5.17. The summed E-state index contributed by atoms with van der Waals surface area (Å²) in [7, 11) is -3.41. The molecule has 4 aliphatic heterocycles. The molecule has 4 saturated heterocycles. The minimum absolute atomic E-state index is 0.127. The van der Waals surface area contributed by atoms with E-state index < -0.39 is 32.9 Å². The summed E-state index contributed by atoms with van der Waals surface area (Å²) in [5, 5.41) is 24.0. The standard InChI is InChI=1S/C19H36N4O5S2/c24-13-15-19(25)18(14(28-15)12-21-30(26,27)17-5-3-11-29-17)23-9-7-22(8-10-23)16-4-1-2-6-20-16/h14-21,24-25H,1-13H2/t14-,15+,16?,17?,18-,19-/m1/s1. The Balaban J connectivity index is 1.36. The van der Waals surface area contributed by atoms with Crippen molar-refractivity contribution in [2.75, 3.05) is 51.6 Å². The van der Waals surface area contributed by atoms with Crippen LogP contribution >= 0.6 is 11.8 Å². The minimum Gasteiger partial charge on any atom is -0.394 e.